The average molecular weight is 252 g/mol. The van der Waals surface area contributed by atoms with Crippen molar-refractivity contribution in [3.63, 3.8) is 0 Å². The van der Waals surface area contributed by atoms with Gasteiger partial charge in [-0.05, 0) is 23.8 Å². The summed E-state index contributed by atoms with van der Waals surface area (Å²) in [5.41, 5.74) is 14.3. The summed E-state index contributed by atoms with van der Waals surface area (Å²) in [4.78, 5) is 6.28. The summed E-state index contributed by atoms with van der Waals surface area (Å²) in [6, 6.07) is 5.61. The van der Waals surface area contributed by atoms with Crippen LogP contribution in [0.1, 0.15) is 12.5 Å². The maximum absolute atomic E-state index is 5.89. The lowest BCUT2D eigenvalue weighted by Crippen LogP contribution is -3.00. The molecule has 2 rings (SSSR count). The normalized spacial score (nSPS) is 13.5. The van der Waals surface area contributed by atoms with Crippen LogP contribution in [0.15, 0.2) is 30.6 Å². The lowest BCUT2D eigenvalue weighted by atomic mass is 10.1. The molecule has 91 valence electrons. The molecule has 1 heterocycles. The van der Waals surface area contributed by atoms with Crippen LogP contribution < -0.4 is 28.9 Å². The van der Waals surface area contributed by atoms with E-state index in [-0.39, 0.29) is 12.4 Å². The van der Waals surface area contributed by atoms with Crippen molar-refractivity contribution in [1.82, 2.24) is 9.89 Å². The maximum Gasteiger partial charge on any atom is 0.295 e. The molecule has 0 fully saturated rings. The summed E-state index contributed by atoms with van der Waals surface area (Å²) in [6.07, 6.45) is 4.64. The third kappa shape index (κ3) is 3.14. The van der Waals surface area contributed by atoms with Crippen LogP contribution in [0.4, 0.5) is 11.4 Å². The second kappa shape index (κ2) is 5.59. The van der Waals surface area contributed by atoms with Gasteiger partial charge in [0.05, 0.1) is 6.54 Å². The number of amidine groups is 1. The van der Waals surface area contributed by atoms with Gasteiger partial charge in [0.25, 0.3) is 5.84 Å². The van der Waals surface area contributed by atoms with E-state index >= 15 is 0 Å². The van der Waals surface area contributed by atoms with Gasteiger partial charge in [-0.25, -0.2) is 4.90 Å². The molecule has 0 unspecified atom stereocenters. The smallest absolute Gasteiger partial charge is 0.295 e. The number of anilines is 2. The van der Waals surface area contributed by atoms with Gasteiger partial charge in [0, 0.05) is 24.7 Å². The SMILES string of the molecule is CC1=[N+]C=CN1CCc1cc(N)ccc1N.[Cl-]. The van der Waals surface area contributed by atoms with Crippen LogP contribution in [-0.2, 0) is 6.42 Å². The number of nitrogens with two attached hydrogens (primary N) is 2. The van der Waals surface area contributed by atoms with Gasteiger partial charge in [0.1, 0.15) is 6.20 Å². The van der Waals surface area contributed by atoms with Crippen molar-refractivity contribution in [2.75, 3.05) is 18.0 Å². The second-order valence-electron chi connectivity index (χ2n) is 3.88. The molecular formula is C12H16ClN4. The maximum atomic E-state index is 5.89. The molecule has 0 atom stereocenters. The zero-order chi connectivity index (χ0) is 11.5. The number of hydrogen-bond acceptors (Lipinski definition) is 4. The van der Waals surface area contributed by atoms with Gasteiger partial charge in [0.2, 0.25) is 0 Å². The summed E-state index contributed by atoms with van der Waals surface area (Å²) in [5.74, 6) is 1.02. The van der Waals surface area contributed by atoms with Gasteiger partial charge in [0.15, 0.2) is 6.20 Å². The van der Waals surface area contributed by atoms with E-state index in [4.69, 9.17) is 11.5 Å². The van der Waals surface area contributed by atoms with Crippen LogP contribution in [0.2, 0.25) is 0 Å². The number of nitrogens with zero attached hydrogens (tertiary/aromatic N) is 2. The monoisotopic (exact) mass is 251 g/mol. The summed E-state index contributed by atoms with van der Waals surface area (Å²) in [6.45, 7) is 2.86. The van der Waals surface area contributed by atoms with E-state index in [1.54, 1.807) is 6.20 Å². The number of rotatable bonds is 3. The Bertz CT molecular complexity index is 454. The van der Waals surface area contributed by atoms with Gasteiger partial charge >= 0.3 is 0 Å². The summed E-state index contributed by atoms with van der Waals surface area (Å²) >= 11 is 0. The highest BCUT2D eigenvalue weighted by Crippen LogP contribution is 2.16. The Morgan fingerprint density at radius 1 is 1.29 bits per heavy atom. The minimum Gasteiger partial charge on any atom is -1.00 e. The van der Waals surface area contributed by atoms with Gasteiger partial charge in [-0.1, -0.05) is 4.99 Å². The molecule has 0 saturated heterocycles. The van der Waals surface area contributed by atoms with Crippen LogP contribution in [0.25, 0.3) is 0 Å². The third-order valence-corrected chi connectivity index (χ3v) is 2.71. The average Bonchev–Trinajstić information content (AvgIpc) is 2.66. The highest BCUT2D eigenvalue weighted by atomic mass is 35.5. The highest BCUT2D eigenvalue weighted by Gasteiger charge is 2.18. The second-order valence-corrected chi connectivity index (χ2v) is 3.88. The van der Waals surface area contributed by atoms with E-state index in [1.807, 2.05) is 31.3 Å². The fourth-order valence-corrected chi connectivity index (χ4v) is 1.72. The Morgan fingerprint density at radius 3 is 2.71 bits per heavy atom. The minimum absolute atomic E-state index is 0. The Morgan fingerprint density at radius 2 is 2.06 bits per heavy atom. The fraction of sp³-hybridized carbons (Fsp3) is 0.250. The first-order valence-corrected chi connectivity index (χ1v) is 5.28. The quantitative estimate of drug-likeness (QED) is 0.607. The molecule has 1 aliphatic heterocycles. The first-order valence-electron chi connectivity index (χ1n) is 5.28. The molecule has 1 aromatic carbocycles. The molecule has 4 nitrogen and oxygen atoms in total. The van der Waals surface area contributed by atoms with E-state index in [9.17, 15) is 0 Å². The molecule has 4 N–H and O–H groups in total. The largest absolute Gasteiger partial charge is 1.00 e. The van der Waals surface area contributed by atoms with Crippen LogP contribution >= 0.6 is 0 Å². The number of hydrogen-bond donors (Lipinski definition) is 2. The number of halogens is 1. The number of benzene rings is 1. The molecule has 17 heavy (non-hydrogen) atoms. The molecule has 0 aliphatic carbocycles. The van der Waals surface area contributed by atoms with E-state index < -0.39 is 0 Å². The van der Waals surface area contributed by atoms with Gasteiger partial charge in [-0.15, -0.1) is 0 Å². The van der Waals surface area contributed by atoms with E-state index in [0.717, 1.165) is 35.7 Å². The van der Waals surface area contributed by atoms with Crippen LogP contribution in [0.5, 0.6) is 0 Å². The highest BCUT2D eigenvalue weighted by molar-refractivity contribution is 5.81. The van der Waals surface area contributed by atoms with Crippen molar-refractivity contribution >= 4 is 17.2 Å². The van der Waals surface area contributed by atoms with E-state index in [2.05, 4.69) is 9.89 Å². The molecule has 0 amide bonds. The number of nitrogen functional groups attached to an aromatic ring is 2. The van der Waals surface area contributed by atoms with Crippen molar-refractivity contribution in [3.05, 3.63) is 36.2 Å². The van der Waals surface area contributed by atoms with Crippen LogP contribution in [0.3, 0.4) is 0 Å². The lowest BCUT2D eigenvalue weighted by Gasteiger charge is -2.09. The molecule has 5 heteroatoms. The van der Waals surface area contributed by atoms with Crippen LogP contribution in [0, 0.1) is 0 Å². The standard InChI is InChI=1S/C12H16N4.ClH/c1-9-15-5-7-16(9)6-4-10-8-11(13)2-3-12(10)14;/h2-3,5,7-8H,4,6,13-14H2,1H3;1H/q+1;/p-1. The van der Waals surface area contributed by atoms with Crippen LogP contribution in [-0.4, -0.2) is 17.3 Å². The van der Waals surface area contributed by atoms with Gasteiger partial charge in [-0.2, -0.15) is 0 Å². The van der Waals surface area contributed by atoms with Crippen molar-refractivity contribution in [3.8, 4) is 0 Å². The molecular weight excluding hydrogens is 236 g/mol. The fourth-order valence-electron chi connectivity index (χ4n) is 1.72. The Balaban J connectivity index is 0.00000144. The first-order chi connectivity index (χ1) is 7.66. The Kier molecular flexibility index (Phi) is 4.40. The van der Waals surface area contributed by atoms with E-state index in [0.29, 0.717) is 0 Å². The predicted molar refractivity (Wildman–Crippen MR) is 67.6 cm³/mol. The van der Waals surface area contributed by atoms with Gasteiger partial charge in [-0.3, -0.25) is 0 Å². The molecule has 1 aliphatic rings. The van der Waals surface area contributed by atoms with Gasteiger partial charge < -0.3 is 23.9 Å². The number of aliphatic imine (C=N–C) groups is 1. The van der Waals surface area contributed by atoms with Crippen molar-refractivity contribution < 1.29 is 12.4 Å². The zero-order valence-corrected chi connectivity index (χ0v) is 10.5. The topological polar surface area (TPSA) is 69.4 Å². The Labute approximate surface area is 107 Å². The Hall–Kier alpha value is -1.68. The molecule has 0 bridgehead atoms. The molecule has 0 aromatic heterocycles. The summed E-state index contributed by atoms with van der Waals surface area (Å²) in [5, 5.41) is 0. The summed E-state index contributed by atoms with van der Waals surface area (Å²) < 4.78 is 0. The predicted octanol–water partition coefficient (Wildman–Crippen LogP) is -2.06. The molecule has 0 spiro atoms. The van der Waals surface area contributed by atoms with Crippen molar-refractivity contribution in [2.45, 2.75) is 13.3 Å². The minimum atomic E-state index is 0. The lowest BCUT2D eigenvalue weighted by molar-refractivity contribution is -0.00000353. The summed E-state index contributed by atoms with van der Waals surface area (Å²) in [7, 11) is 0. The molecule has 0 saturated carbocycles. The first kappa shape index (κ1) is 13.4. The zero-order valence-electron chi connectivity index (χ0n) is 9.73. The van der Waals surface area contributed by atoms with Crippen molar-refractivity contribution in [2.24, 2.45) is 0 Å². The third-order valence-electron chi connectivity index (χ3n) is 2.71. The van der Waals surface area contributed by atoms with E-state index in [1.165, 1.54) is 0 Å². The molecule has 1 aromatic rings. The van der Waals surface area contributed by atoms with Crippen molar-refractivity contribution in [1.29, 1.82) is 0 Å². The molecule has 1 radical (unpaired) electrons.